The SMILES string of the molecule is Nc1nc2c(c(=O)[nH]1)C(c1ccccc1F)CC(=O)N2. The smallest absolute Gasteiger partial charge is 0.258 e. The first-order chi connectivity index (χ1) is 9.56. The highest BCUT2D eigenvalue weighted by atomic mass is 19.1. The zero-order valence-corrected chi connectivity index (χ0v) is 10.3. The van der Waals surface area contributed by atoms with E-state index in [4.69, 9.17) is 5.73 Å². The number of nitrogens with one attached hydrogen (secondary N) is 2. The van der Waals surface area contributed by atoms with Crippen LogP contribution in [0.3, 0.4) is 0 Å². The molecule has 1 amide bonds. The van der Waals surface area contributed by atoms with Gasteiger partial charge in [0, 0.05) is 12.3 Å². The van der Waals surface area contributed by atoms with Crippen LogP contribution in [0.25, 0.3) is 0 Å². The quantitative estimate of drug-likeness (QED) is 0.721. The van der Waals surface area contributed by atoms with Gasteiger partial charge in [-0.3, -0.25) is 14.6 Å². The Morgan fingerprint density at radius 1 is 1.30 bits per heavy atom. The molecule has 0 radical (unpaired) electrons. The number of carbonyl (C=O) groups excluding carboxylic acids is 1. The molecule has 1 aromatic carbocycles. The summed E-state index contributed by atoms with van der Waals surface area (Å²) in [5, 5.41) is 2.49. The normalized spacial score (nSPS) is 17.4. The lowest BCUT2D eigenvalue weighted by atomic mass is 9.86. The molecule has 0 bridgehead atoms. The maximum atomic E-state index is 13.9. The molecule has 2 aromatic rings. The van der Waals surface area contributed by atoms with Crippen LogP contribution >= 0.6 is 0 Å². The number of aromatic amines is 1. The number of carbonyl (C=O) groups is 1. The van der Waals surface area contributed by atoms with Crippen molar-refractivity contribution in [1.82, 2.24) is 9.97 Å². The minimum absolute atomic E-state index is 0.0113. The zero-order chi connectivity index (χ0) is 14.3. The summed E-state index contributed by atoms with van der Waals surface area (Å²) < 4.78 is 13.9. The number of hydrogen-bond donors (Lipinski definition) is 3. The third kappa shape index (κ3) is 1.93. The van der Waals surface area contributed by atoms with Crippen molar-refractivity contribution < 1.29 is 9.18 Å². The third-order valence-corrected chi connectivity index (χ3v) is 3.25. The minimum atomic E-state index is -0.670. The van der Waals surface area contributed by atoms with Crippen molar-refractivity contribution in [2.24, 2.45) is 0 Å². The van der Waals surface area contributed by atoms with Gasteiger partial charge in [0.2, 0.25) is 11.9 Å². The van der Waals surface area contributed by atoms with E-state index in [2.05, 4.69) is 15.3 Å². The van der Waals surface area contributed by atoms with Crippen LogP contribution in [0.2, 0.25) is 0 Å². The molecule has 4 N–H and O–H groups in total. The van der Waals surface area contributed by atoms with Crippen LogP contribution in [0.15, 0.2) is 29.1 Å². The zero-order valence-electron chi connectivity index (χ0n) is 10.3. The summed E-state index contributed by atoms with van der Waals surface area (Å²) >= 11 is 0. The Balaban J connectivity index is 2.23. The fourth-order valence-corrected chi connectivity index (χ4v) is 2.41. The molecule has 1 aliphatic heterocycles. The maximum absolute atomic E-state index is 13.9. The fraction of sp³-hybridized carbons (Fsp3) is 0.154. The molecular weight excluding hydrogens is 263 g/mol. The van der Waals surface area contributed by atoms with Crippen molar-refractivity contribution >= 4 is 17.7 Å². The lowest BCUT2D eigenvalue weighted by Gasteiger charge is -2.24. The van der Waals surface area contributed by atoms with E-state index < -0.39 is 17.3 Å². The van der Waals surface area contributed by atoms with Crippen molar-refractivity contribution in [1.29, 1.82) is 0 Å². The Morgan fingerprint density at radius 2 is 2.05 bits per heavy atom. The average Bonchev–Trinajstić information content (AvgIpc) is 2.37. The number of halogens is 1. The summed E-state index contributed by atoms with van der Waals surface area (Å²) in [6.07, 6.45) is -0.0113. The Bertz CT molecular complexity index is 756. The van der Waals surface area contributed by atoms with Gasteiger partial charge in [-0.15, -0.1) is 0 Å². The summed E-state index contributed by atoms with van der Waals surface area (Å²) in [5.41, 5.74) is 5.50. The van der Waals surface area contributed by atoms with E-state index in [0.29, 0.717) is 5.56 Å². The maximum Gasteiger partial charge on any atom is 0.258 e. The molecule has 0 saturated heterocycles. The Morgan fingerprint density at radius 3 is 2.80 bits per heavy atom. The number of hydrogen-bond acceptors (Lipinski definition) is 4. The molecule has 0 saturated carbocycles. The second-order valence-electron chi connectivity index (χ2n) is 4.54. The molecule has 0 aliphatic carbocycles. The van der Waals surface area contributed by atoms with Crippen LogP contribution in [0, 0.1) is 5.82 Å². The molecule has 102 valence electrons. The first-order valence-electron chi connectivity index (χ1n) is 6.00. The molecule has 1 unspecified atom stereocenters. The average molecular weight is 274 g/mol. The number of aromatic nitrogens is 2. The number of nitrogens with two attached hydrogens (primary N) is 1. The molecule has 7 heteroatoms. The number of amides is 1. The summed E-state index contributed by atoms with van der Waals surface area (Å²) in [7, 11) is 0. The van der Waals surface area contributed by atoms with Gasteiger partial charge in [-0.05, 0) is 11.6 Å². The number of nitrogen functional groups attached to an aromatic ring is 1. The van der Waals surface area contributed by atoms with Gasteiger partial charge in [-0.1, -0.05) is 18.2 Å². The molecule has 0 spiro atoms. The predicted octanol–water partition coefficient (Wildman–Crippen LogP) is 0.965. The van der Waals surface area contributed by atoms with Crippen LogP contribution in [-0.2, 0) is 4.79 Å². The van der Waals surface area contributed by atoms with Crippen LogP contribution < -0.4 is 16.6 Å². The lowest BCUT2D eigenvalue weighted by Crippen LogP contribution is -2.31. The molecule has 1 aromatic heterocycles. The largest absolute Gasteiger partial charge is 0.369 e. The molecule has 1 atom stereocenters. The van der Waals surface area contributed by atoms with Crippen LogP contribution in [0.4, 0.5) is 16.2 Å². The number of rotatable bonds is 1. The standard InChI is InChI=1S/C13H11FN4O2/c14-8-4-2-1-3-6(8)7-5-9(19)16-11-10(7)12(20)18-13(15)17-11/h1-4,7H,5H2,(H4,15,16,17,18,19,20). The number of H-pyrrole nitrogens is 1. The second-order valence-corrected chi connectivity index (χ2v) is 4.54. The Kier molecular flexibility index (Phi) is 2.74. The summed E-state index contributed by atoms with van der Waals surface area (Å²) in [5.74, 6) is -1.46. The van der Waals surface area contributed by atoms with Gasteiger partial charge in [-0.25, -0.2) is 4.39 Å². The van der Waals surface area contributed by atoms with Crippen LogP contribution in [-0.4, -0.2) is 15.9 Å². The Labute approximate surface area is 112 Å². The van der Waals surface area contributed by atoms with Gasteiger partial charge in [0.25, 0.3) is 5.56 Å². The number of fused-ring (bicyclic) bond motifs is 1. The van der Waals surface area contributed by atoms with E-state index in [1.807, 2.05) is 0 Å². The summed E-state index contributed by atoms with van der Waals surface area (Å²) in [4.78, 5) is 30.0. The molecule has 0 fully saturated rings. The van der Waals surface area contributed by atoms with Gasteiger partial charge in [-0.2, -0.15) is 4.98 Å². The monoisotopic (exact) mass is 274 g/mol. The van der Waals surface area contributed by atoms with Gasteiger partial charge < -0.3 is 11.1 Å². The van der Waals surface area contributed by atoms with E-state index in [-0.39, 0.29) is 29.7 Å². The second kappa shape index (κ2) is 4.44. The molecule has 3 rings (SSSR count). The van der Waals surface area contributed by atoms with Crippen molar-refractivity contribution in [2.45, 2.75) is 12.3 Å². The van der Waals surface area contributed by atoms with Gasteiger partial charge in [0.1, 0.15) is 11.6 Å². The van der Waals surface area contributed by atoms with E-state index in [1.54, 1.807) is 18.2 Å². The van der Waals surface area contributed by atoms with Gasteiger partial charge in [0.05, 0.1) is 5.56 Å². The molecule has 1 aliphatic rings. The van der Waals surface area contributed by atoms with Crippen LogP contribution in [0.1, 0.15) is 23.5 Å². The fourth-order valence-electron chi connectivity index (χ4n) is 2.41. The first kappa shape index (κ1) is 12.3. The molecule has 20 heavy (non-hydrogen) atoms. The highest BCUT2D eigenvalue weighted by Gasteiger charge is 2.32. The minimum Gasteiger partial charge on any atom is -0.369 e. The van der Waals surface area contributed by atoms with Gasteiger partial charge in [0.15, 0.2) is 0 Å². The van der Waals surface area contributed by atoms with Crippen LogP contribution in [0.5, 0.6) is 0 Å². The summed E-state index contributed by atoms with van der Waals surface area (Å²) in [6, 6.07) is 6.05. The van der Waals surface area contributed by atoms with E-state index >= 15 is 0 Å². The topological polar surface area (TPSA) is 101 Å². The lowest BCUT2D eigenvalue weighted by molar-refractivity contribution is -0.116. The summed E-state index contributed by atoms with van der Waals surface area (Å²) in [6.45, 7) is 0. The molecule has 2 heterocycles. The highest BCUT2D eigenvalue weighted by molar-refractivity contribution is 5.94. The van der Waals surface area contributed by atoms with E-state index in [9.17, 15) is 14.0 Å². The first-order valence-corrected chi connectivity index (χ1v) is 6.00. The molecular formula is C13H11FN4O2. The van der Waals surface area contributed by atoms with E-state index in [0.717, 1.165) is 0 Å². The third-order valence-electron chi connectivity index (χ3n) is 3.25. The van der Waals surface area contributed by atoms with Gasteiger partial charge >= 0.3 is 0 Å². The van der Waals surface area contributed by atoms with Crippen molar-refractivity contribution in [3.63, 3.8) is 0 Å². The number of anilines is 2. The van der Waals surface area contributed by atoms with Crippen molar-refractivity contribution in [2.75, 3.05) is 11.1 Å². The Hall–Kier alpha value is -2.70. The number of nitrogens with zero attached hydrogens (tertiary/aromatic N) is 1. The van der Waals surface area contributed by atoms with E-state index in [1.165, 1.54) is 6.07 Å². The molecule has 6 nitrogen and oxygen atoms in total. The highest BCUT2D eigenvalue weighted by Crippen LogP contribution is 2.34. The van der Waals surface area contributed by atoms with Crippen molar-refractivity contribution in [3.8, 4) is 0 Å². The number of benzene rings is 1. The predicted molar refractivity (Wildman–Crippen MR) is 70.8 cm³/mol. The van der Waals surface area contributed by atoms with Crippen molar-refractivity contribution in [3.05, 3.63) is 51.6 Å².